The second-order valence-corrected chi connectivity index (χ2v) is 4.28. The Labute approximate surface area is 96.7 Å². The van der Waals surface area contributed by atoms with Crippen LogP contribution in [0.3, 0.4) is 0 Å². The molecule has 3 nitrogen and oxygen atoms in total. The molecule has 0 fully saturated rings. The lowest BCUT2D eigenvalue weighted by atomic mass is 10.0. The molecule has 1 unspecified atom stereocenters. The summed E-state index contributed by atoms with van der Waals surface area (Å²) in [5.74, 6) is -0.0732. The molecule has 2 rings (SSSR count). The third kappa shape index (κ3) is 2.50. The van der Waals surface area contributed by atoms with Crippen molar-refractivity contribution in [1.82, 2.24) is 5.32 Å². The van der Waals surface area contributed by atoms with Crippen LogP contribution in [0.1, 0.15) is 29.6 Å². The molecule has 0 radical (unpaired) electrons. The Morgan fingerprint density at radius 1 is 1.53 bits per heavy atom. The number of halogens is 1. The van der Waals surface area contributed by atoms with Crippen molar-refractivity contribution >= 4 is 21.8 Å². The maximum atomic E-state index is 11.8. The molecule has 0 saturated heterocycles. The summed E-state index contributed by atoms with van der Waals surface area (Å²) in [7, 11) is 0. The minimum atomic E-state index is -0.0732. The minimum absolute atomic E-state index is 0.0732. The quantitative estimate of drug-likeness (QED) is 0.839. The van der Waals surface area contributed by atoms with E-state index in [4.69, 9.17) is 4.42 Å². The number of hydrogen-bond acceptors (Lipinski definition) is 2. The topological polar surface area (TPSA) is 42.2 Å². The molecular formula is C11H12BrNO2. The Kier molecular flexibility index (Phi) is 3.26. The Bertz CT molecular complexity index is 384. The highest BCUT2D eigenvalue weighted by Crippen LogP contribution is 2.18. The zero-order valence-corrected chi connectivity index (χ0v) is 9.79. The lowest BCUT2D eigenvalue weighted by Gasteiger charge is -2.18. The van der Waals surface area contributed by atoms with E-state index >= 15 is 0 Å². The molecule has 0 aliphatic heterocycles. The minimum Gasteiger partial charge on any atom is -0.457 e. The Hall–Kier alpha value is -1.03. The first-order valence-electron chi connectivity index (χ1n) is 4.96. The maximum Gasteiger partial charge on any atom is 0.255 e. The molecule has 80 valence electrons. The Morgan fingerprint density at radius 3 is 3.00 bits per heavy atom. The normalized spacial score (nSPS) is 20.2. The van der Waals surface area contributed by atoms with Gasteiger partial charge in [-0.2, -0.15) is 0 Å². The first kappa shape index (κ1) is 10.5. The van der Waals surface area contributed by atoms with Crippen LogP contribution in [0.2, 0.25) is 0 Å². The number of allylic oxidation sites excluding steroid dienone is 1. The monoisotopic (exact) mass is 269 g/mol. The summed E-state index contributed by atoms with van der Waals surface area (Å²) in [5, 5.41) is 2.98. The summed E-state index contributed by atoms with van der Waals surface area (Å²) in [6.07, 6.45) is 8.73. The van der Waals surface area contributed by atoms with Gasteiger partial charge in [0.15, 0.2) is 4.67 Å². The molecule has 1 aromatic rings. The molecule has 0 saturated carbocycles. The second kappa shape index (κ2) is 4.66. The molecule has 0 aromatic carbocycles. The fraction of sp³-hybridized carbons (Fsp3) is 0.364. The average Bonchev–Trinajstić information content (AvgIpc) is 2.66. The first-order valence-corrected chi connectivity index (χ1v) is 5.75. The molecule has 1 aromatic heterocycles. The van der Waals surface area contributed by atoms with E-state index in [0.717, 1.165) is 19.3 Å². The number of furan rings is 1. The van der Waals surface area contributed by atoms with Crippen LogP contribution in [0.4, 0.5) is 0 Å². The molecular weight excluding hydrogens is 258 g/mol. The molecule has 1 N–H and O–H groups in total. The number of rotatable bonds is 2. The number of amides is 1. The SMILES string of the molecule is O=C(NC1CC=CCC1)c1ccoc1Br. The first-order chi connectivity index (χ1) is 7.27. The Morgan fingerprint density at radius 2 is 2.40 bits per heavy atom. The van der Waals surface area contributed by atoms with Gasteiger partial charge in [-0.05, 0) is 41.3 Å². The molecule has 4 heteroatoms. The number of carbonyl (C=O) groups excluding carboxylic acids is 1. The second-order valence-electron chi connectivity index (χ2n) is 3.56. The van der Waals surface area contributed by atoms with Crippen molar-refractivity contribution in [2.45, 2.75) is 25.3 Å². The van der Waals surface area contributed by atoms with E-state index in [1.54, 1.807) is 6.07 Å². The van der Waals surface area contributed by atoms with Crippen LogP contribution in [0, 0.1) is 0 Å². The fourth-order valence-electron chi connectivity index (χ4n) is 1.64. The van der Waals surface area contributed by atoms with Crippen molar-refractivity contribution in [3.8, 4) is 0 Å². The van der Waals surface area contributed by atoms with Crippen molar-refractivity contribution in [3.05, 3.63) is 34.7 Å². The van der Waals surface area contributed by atoms with Gasteiger partial charge < -0.3 is 9.73 Å². The van der Waals surface area contributed by atoms with Crippen LogP contribution in [0.5, 0.6) is 0 Å². The van der Waals surface area contributed by atoms with Crippen LogP contribution in [-0.4, -0.2) is 11.9 Å². The zero-order valence-electron chi connectivity index (χ0n) is 8.20. The average molecular weight is 270 g/mol. The molecule has 1 atom stereocenters. The summed E-state index contributed by atoms with van der Waals surface area (Å²) in [4.78, 5) is 11.8. The van der Waals surface area contributed by atoms with E-state index in [-0.39, 0.29) is 11.9 Å². The van der Waals surface area contributed by atoms with Gasteiger partial charge >= 0.3 is 0 Å². The smallest absolute Gasteiger partial charge is 0.255 e. The van der Waals surface area contributed by atoms with Crippen molar-refractivity contribution < 1.29 is 9.21 Å². The van der Waals surface area contributed by atoms with Crippen LogP contribution < -0.4 is 5.32 Å². The summed E-state index contributed by atoms with van der Waals surface area (Å²) >= 11 is 3.19. The van der Waals surface area contributed by atoms with Crippen LogP contribution in [0.15, 0.2) is 33.6 Å². The summed E-state index contributed by atoms with van der Waals surface area (Å²) in [6, 6.07) is 1.92. The van der Waals surface area contributed by atoms with Gasteiger partial charge in [0.2, 0.25) is 0 Å². The van der Waals surface area contributed by atoms with E-state index in [1.165, 1.54) is 6.26 Å². The third-order valence-electron chi connectivity index (χ3n) is 2.47. The number of nitrogens with one attached hydrogen (secondary N) is 1. The highest BCUT2D eigenvalue weighted by Gasteiger charge is 2.17. The summed E-state index contributed by atoms with van der Waals surface area (Å²) in [5.41, 5.74) is 0.560. The standard InChI is InChI=1S/C11H12BrNO2/c12-10-9(6-7-15-10)11(14)13-8-4-2-1-3-5-8/h1-2,6-8H,3-5H2,(H,13,14). The number of carbonyl (C=O) groups is 1. The van der Waals surface area contributed by atoms with E-state index in [9.17, 15) is 4.79 Å². The van der Waals surface area contributed by atoms with Crippen molar-refractivity contribution in [2.24, 2.45) is 0 Å². The maximum absolute atomic E-state index is 11.8. The van der Waals surface area contributed by atoms with Crippen LogP contribution in [-0.2, 0) is 0 Å². The van der Waals surface area contributed by atoms with Gasteiger partial charge in [0, 0.05) is 6.04 Å². The predicted molar refractivity (Wildman–Crippen MR) is 60.7 cm³/mol. The van der Waals surface area contributed by atoms with Crippen molar-refractivity contribution in [3.63, 3.8) is 0 Å². The number of hydrogen-bond donors (Lipinski definition) is 1. The van der Waals surface area contributed by atoms with E-state index in [0.29, 0.717) is 10.2 Å². The molecule has 1 heterocycles. The molecule has 1 aliphatic carbocycles. The Balaban J connectivity index is 1.98. The lowest BCUT2D eigenvalue weighted by Crippen LogP contribution is -2.35. The summed E-state index contributed by atoms with van der Waals surface area (Å²) < 4.78 is 5.51. The van der Waals surface area contributed by atoms with Gasteiger partial charge in [0.05, 0.1) is 11.8 Å². The highest BCUT2D eigenvalue weighted by atomic mass is 79.9. The third-order valence-corrected chi connectivity index (χ3v) is 3.08. The predicted octanol–water partition coefficient (Wildman–Crippen LogP) is 2.88. The van der Waals surface area contributed by atoms with Gasteiger partial charge in [-0.1, -0.05) is 12.2 Å². The molecule has 1 aliphatic rings. The molecule has 0 bridgehead atoms. The zero-order chi connectivity index (χ0) is 10.7. The van der Waals surface area contributed by atoms with Gasteiger partial charge in [-0.15, -0.1) is 0 Å². The van der Waals surface area contributed by atoms with Crippen LogP contribution >= 0.6 is 15.9 Å². The van der Waals surface area contributed by atoms with Gasteiger partial charge in [-0.25, -0.2) is 0 Å². The van der Waals surface area contributed by atoms with Gasteiger partial charge in [0.25, 0.3) is 5.91 Å². The van der Waals surface area contributed by atoms with Gasteiger partial charge in [-0.3, -0.25) is 4.79 Å². The van der Waals surface area contributed by atoms with Crippen molar-refractivity contribution in [2.75, 3.05) is 0 Å². The lowest BCUT2D eigenvalue weighted by molar-refractivity contribution is 0.0933. The van der Waals surface area contributed by atoms with Crippen molar-refractivity contribution in [1.29, 1.82) is 0 Å². The van der Waals surface area contributed by atoms with E-state index in [2.05, 4.69) is 33.4 Å². The fourth-order valence-corrected chi connectivity index (χ4v) is 2.06. The molecule has 0 spiro atoms. The molecule has 15 heavy (non-hydrogen) atoms. The van der Waals surface area contributed by atoms with Crippen LogP contribution in [0.25, 0.3) is 0 Å². The molecule has 1 amide bonds. The summed E-state index contributed by atoms with van der Waals surface area (Å²) in [6.45, 7) is 0. The van der Waals surface area contributed by atoms with E-state index < -0.39 is 0 Å². The van der Waals surface area contributed by atoms with E-state index in [1.807, 2.05) is 0 Å². The highest BCUT2D eigenvalue weighted by molar-refractivity contribution is 9.10. The largest absolute Gasteiger partial charge is 0.457 e. The van der Waals surface area contributed by atoms with Gasteiger partial charge in [0.1, 0.15) is 0 Å².